The Hall–Kier alpha value is -1.40. The summed E-state index contributed by atoms with van der Waals surface area (Å²) < 4.78 is 1.73. The maximum atomic E-state index is 11.2. The van der Waals surface area contributed by atoms with Crippen LogP contribution in [0.1, 0.15) is 25.5 Å². The maximum absolute atomic E-state index is 11.2. The summed E-state index contributed by atoms with van der Waals surface area (Å²) in [7, 11) is 1.86. The van der Waals surface area contributed by atoms with E-state index in [2.05, 4.69) is 18.9 Å². The molecule has 1 atom stereocenters. The molecule has 1 aromatic rings. The maximum Gasteiger partial charge on any atom is 0.231 e. The zero-order chi connectivity index (χ0) is 13.7. The molecule has 6 heteroatoms. The van der Waals surface area contributed by atoms with Gasteiger partial charge in [-0.15, -0.1) is 0 Å². The van der Waals surface area contributed by atoms with E-state index in [1.165, 1.54) is 0 Å². The zero-order valence-corrected chi connectivity index (χ0v) is 11.3. The highest BCUT2D eigenvalue weighted by atomic mass is 16.1. The lowest BCUT2D eigenvalue weighted by molar-refractivity contribution is -0.119. The van der Waals surface area contributed by atoms with E-state index in [-0.39, 0.29) is 18.5 Å². The molecular formula is C12H23N5O. The molecule has 1 unspecified atom stereocenters. The van der Waals surface area contributed by atoms with Crippen molar-refractivity contribution in [1.82, 2.24) is 14.7 Å². The van der Waals surface area contributed by atoms with Crippen molar-refractivity contribution in [2.75, 3.05) is 19.6 Å². The average molecular weight is 253 g/mol. The number of nitrogens with zero attached hydrogens (tertiary/aromatic N) is 3. The Bertz CT molecular complexity index is 388. The first-order valence-electron chi connectivity index (χ1n) is 6.15. The van der Waals surface area contributed by atoms with Gasteiger partial charge in [0.25, 0.3) is 0 Å². The Morgan fingerprint density at radius 1 is 1.56 bits per heavy atom. The van der Waals surface area contributed by atoms with Crippen LogP contribution in [0.3, 0.4) is 0 Å². The van der Waals surface area contributed by atoms with E-state index in [0.29, 0.717) is 12.5 Å². The van der Waals surface area contributed by atoms with Crippen LogP contribution in [0.25, 0.3) is 0 Å². The van der Waals surface area contributed by atoms with Gasteiger partial charge < -0.3 is 11.5 Å². The summed E-state index contributed by atoms with van der Waals surface area (Å²) in [5, 5.41) is 4.14. The second kappa shape index (κ2) is 6.51. The predicted molar refractivity (Wildman–Crippen MR) is 70.6 cm³/mol. The molecule has 0 fully saturated rings. The first-order chi connectivity index (χ1) is 8.43. The van der Waals surface area contributed by atoms with Crippen LogP contribution in [-0.2, 0) is 11.8 Å². The third kappa shape index (κ3) is 4.12. The van der Waals surface area contributed by atoms with Crippen LogP contribution in [0, 0.1) is 5.92 Å². The van der Waals surface area contributed by atoms with Gasteiger partial charge in [-0.2, -0.15) is 5.10 Å². The Balaban J connectivity index is 2.88. The minimum Gasteiger partial charge on any atom is -0.369 e. The van der Waals surface area contributed by atoms with Gasteiger partial charge in [0.1, 0.15) is 0 Å². The largest absolute Gasteiger partial charge is 0.369 e. The molecule has 0 bridgehead atoms. The molecule has 0 saturated carbocycles. The number of rotatable bonds is 7. The highest BCUT2D eigenvalue weighted by Crippen LogP contribution is 2.19. The van der Waals surface area contributed by atoms with Gasteiger partial charge in [-0.05, 0) is 5.92 Å². The second-order valence-electron chi connectivity index (χ2n) is 4.99. The van der Waals surface area contributed by atoms with Gasteiger partial charge in [-0.1, -0.05) is 13.8 Å². The monoisotopic (exact) mass is 253 g/mol. The Morgan fingerprint density at radius 2 is 2.22 bits per heavy atom. The van der Waals surface area contributed by atoms with Crippen LogP contribution in [0.4, 0.5) is 0 Å². The highest BCUT2D eigenvalue weighted by molar-refractivity contribution is 5.76. The van der Waals surface area contributed by atoms with Crippen molar-refractivity contribution in [3.63, 3.8) is 0 Å². The number of nitrogens with two attached hydrogens (primary N) is 2. The number of primary amides is 1. The van der Waals surface area contributed by atoms with Crippen LogP contribution in [-0.4, -0.2) is 40.2 Å². The van der Waals surface area contributed by atoms with Crippen molar-refractivity contribution in [1.29, 1.82) is 0 Å². The first-order valence-corrected chi connectivity index (χ1v) is 6.15. The van der Waals surface area contributed by atoms with Crippen molar-refractivity contribution in [3.05, 3.63) is 18.0 Å². The number of aromatic nitrogens is 2. The molecule has 1 aromatic heterocycles. The third-order valence-corrected chi connectivity index (χ3v) is 2.73. The van der Waals surface area contributed by atoms with Crippen LogP contribution in [0.5, 0.6) is 0 Å². The first kappa shape index (κ1) is 14.7. The summed E-state index contributed by atoms with van der Waals surface area (Å²) in [6.07, 6.45) is 3.71. The number of hydrogen-bond acceptors (Lipinski definition) is 4. The smallest absolute Gasteiger partial charge is 0.231 e. The quantitative estimate of drug-likeness (QED) is 0.708. The molecule has 0 spiro atoms. The van der Waals surface area contributed by atoms with Gasteiger partial charge in [0, 0.05) is 31.9 Å². The number of hydrogen-bond donors (Lipinski definition) is 2. The second-order valence-corrected chi connectivity index (χ2v) is 4.99. The van der Waals surface area contributed by atoms with Crippen molar-refractivity contribution in [3.8, 4) is 0 Å². The molecule has 18 heavy (non-hydrogen) atoms. The molecule has 1 rings (SSSR count). The minimum absolute atomic E-state index is 0.0198. The van der Waals surface area contributed by atoms with E-state index in [1.54, 1.807) is 10.9 Å². The summed E-state index contributed by atoms with van der Waals surface area (Å²) in [5.74, 6) is 0.105. The summed E-state index contributed by atoms with van der Waals surface area (Å²) in [4.78, 5) is 13.2. The van der Waals surface area contributed by atoms with Gasteiger partial charge in [0.15, 0.2) is 0 Å². The summed E-state index contributed by atoms with van der Waals surface area (Å²) >= 11 is 0. The Labute approximate surface area is 108 Å². The van der Waals surface area contributed by atoms with E-state index in [9.17, 15) is 4.79 Å². The van der Waals surface area contributed by atoms with Crippen molar-refractivity contribution in [2.45, 2.75) is 19.9 Å². The number of aryl methyl sites for hydroxylation is 1. The van der Waals surface area contributed by atoms with E-state index in [1.807, 2.05) is 18.1 Å². The van der Waals surface area contributed by atoms with Crippen molar-refractivity contribution >= 4 is 5.91 Å². The fourth-order valence-corrected chi connectivity index (χ4v) is 2.08. The molecule has 0 aliphatic heterocycles. The molecular weight excluding hydrogens is 230 g/mol. The molecule has 6 nitrogen and oxygen atoms in total. The number of amides is 1. The van der Waals surface area contributed by atoms with E-state index >= 15 is 0 Å². The number of carbonyl (C=O) groups is 1. The van der Waals surface area contributed by atoms with Gasteiger partial charge in [0.2, 0.25) is 5.91 Å². The van der Waals surface area contributed by atoms with Gasteiger partial charge >= 0.3 is 0 Å². The third-order valence-electron chi connectivity index (χ3n) is 2.73. The van der Waals surface area contributed by atoms with E-state index in [0.717, 1.165) is 12.1 Å². The summed E-state index contributed by atoms with van der Waals surface area (Å²) in [6, 6.07) is -0.0198. The SMILES string of the molecule is CC(C)CN(CC(N)=O)C(CN)c1cnn(C)c1. The predicted octanol–water partition coefficient (Wildman–Crippen LogP) is -0.137. The fraction of sp³-hybridized carbons (Fsp3) is 0.667. The van der Waals surface area contributed by atoms with E-state index in [4.69, 9.17) is 11.5 Å². The minimum atomic E-state index is -0.335. The number of carbonyl (C=O) groups excluding carboxylic acids is 1. The van der Waals surface area contributed by atoms with Crippen molar-refractivity contribution < 1.29 is 4.79 Å². The zero-order valence-electron chi connectivity index (χ0n) is 11.3. The van der Waals surface area contributed by atoms with E-state index < -0.39 is 0 Å². The Morgan fingerprint density at radius 3 is 2.61 bits per heavy atom. The molecule has 1 amide bonds. The molecule has 4 N–H and O–H groups in total. The van der Waals surface area contributed by atoms with Crippen LogP contribution < -0.4 is 11.5 Å². The fourth-order valence-electron chi connectivity index (χ4n) is 2.08. The lowest BCUT2D eigenvalue weighted by atomic mass is 10.1. The molecule has 102 valence electrons. The summed E-state index contributed by atoms with van der Waals surface area (Å²) in [6.45, 7) is 5.63. The standard InChI is InChI=1S/C12H23N5O/c1-9(2)6-17(8-12(14)18)11(4-13)10-5-15-16(3)7-10/h5,7,9,11H,4,6,8,13H2,1-3H3,(H2,14,18). The molecule has 0 radical (unpaired) electrons. The van der Waals surface area contributed by atoms with Gasteiger partial charge in [-0.3, -0.25) is 14.4 Å². The average Bonchev–Trinajstić information content (AvgIpc) is 2.64. The lowest BCUT2D eigenvalue weighted by Crippen LogP contribution is -2.41. The van der Waals surface area contributed by atoms with Gasteiger partial charge in [0.05, 0.1) is 18.8 Å². The highest BCUT2D eigenvalue weighted by Gasteiger charge is 2.22. The molecule has 0 aromatic carbocycles. The topological polar surface area (TPSA) is 90.2 Å². The van der Waals surface area contributed by atoms with Crippen LogP contribution in [0.15, 0.2) is 12.4 Å². The van der Waals surface area contributed by atoms with Crippen LogP contribution >= 0.6 is 0 Å². The van der Waals surface area contributed by atoms with Crippen LogP contribution in [0.2, 0.25) is 0 Å². The Kier molecular flexibility index (Phi) is 5.30. The normalized spacial score (nSPS) is 13.2. The molecule has 1 heterocycles. The molecule has 0 saturated heterocycles. The molecule has 0 aliphatic rings. The lowest BCUT2D eigenvalue weighted by Gasteiger charge is -2.30. The molecule has 0 aliphatic carbocycles. The van der Waals surface area contributed by atoms with Crippen molar-refractivity contribution in [2.24, 2.45) is 24.4 Å². The van der Waals surface area contributed by atoms with Gasteiger partial charge in [-0.25, -0.2) is 0 Å². The summed E-state index contributed by atoms with van der Waals surface area (Å²) in [5.41, 5.74) is 12.2.